The predicted octanol–water partition coefficient (Wildman–Crippen LogP) is 4.90. The van der Waals surface area contributed by atoms with E-state index >= 15 is 0 Å². The van der Waals surface area contributed by atoms with E-state index in [1.54, 1.807) is 6.92 Å². The molecular weight excluding hydrogens is 353 g/mol. The molecule has 1 unspecified atom stereocenters. The highest BCUT2D eigenvalue weighted by Crippen LogP contribution is 2.37. The molecule has 1 N–H and O–H groups in total. The van der Waals surface area contributed by atoms with Crippen LogP contribution in [-0.2, 0) is 14.3 Å². The number of hydrogen-bond acceptors (Lipinski definition) is 4. The summed E-state index contributed by atoms with van der Waals surface area (Å²) < 4.78 is 19.2. The van der Waals surface area contributed by atoms with E-state index in [2.05, 4.69) is 5.32 Å². The second kappa shape index (κ2) is 9.89. The van der Waals surface area contributed by atoms with E-state index in [0.29, 0.717) is 11.5 Å². The van der Waals surface area contributed by atoms with Crippen molar-refractivity contribution in [2.24, 2.45) is 5.92 Å². The fourth-order valence-corrected chi connectivity index (χ4v) is 3.18. The molecule has 0 aliphatic heterocycles. The van der Waals surface area contributed by atoms with Crippen LogP contribution >= 0.6 is 23.4 Å². The van der Waals surface area contributed by atoms with Crippen molar-refractivity contribution < 1.29 is 18.7 Å². The molecule has 0 aromatic heterocycles. The van der Waals surface area contributed by atoms with Crippen molar-refractivity contribution in [3.05, 3.63) is 23.0 Å². The van der Waals surface area contributed by atoms with Gasteiger partial charge in [0.05, 0.1) is 17.3 Å². The van der Waals surface area contributed by atoms with Gasteiger partial charge < -0.3 is 10.1 Å². The Hall–Kier alpha value is -1.27. The zero-order valence-electron chi connectivity index (χ0n) is 14.3. The molecule has 134 valence electrons. The van der Waals surface area contributed by atoms with Crippen LogP contribution in [0.1, 0.15) is 40.5 Å². The monoisotopic (exact) mass is 375 g/mol. The highest BCUT2D eigenvalue weighted by atomic mass is 35.5. The van der Waals surface area contributed by atoms with Crippen LogP contribution in [0.3, 0.4) is 0 Å². The molecule has 1 amide bonds. The number of esters is 1. The fraction of sp³-hybridized carbons (Fsp3) is 0.529. The first-order chi connectivity index (χ1) is 11.3. The average molecular weight is 376 g/mol. The van der Waals surface area contributed by atoms with Gasteiger partial charge in [-0.05, 0) is 24.5 Å². The molecule has 0 aliphatic carbocycles. The van der Waals surface area contributed by atoms with Crippen LogP contribution in [0, 0.1) is 11.7 Å². The number of benzene rings is 1. The van der Waals surface area contributed by atoms with E-state index < -0.39 is 11.1 Å². The smallest absolute Gasteiger partial charge is 0.319 e. The lowest BCUT2D eigenvalue weighted by Gasteiger charge is -2.20. The maximum atomic E-state index is 13.9. The predicted molar refractivity (Wildman–Crippen MR) is 96.1 cm³/mol. The SMILES string of the molecule is CCCOC(=O)C(Sc1cc(NC(=O)CC)c(F)cc1Cl)C(C)C. The van der Waals surface area contributed by atoms with Crippen molar-refractivity contribution in [1.29, 1.82) is 0 Å². The molecule has 1 aromatic rings. The van der Waals surface area contributed by atoms with Crippen LogP contribution < -0.4 is 5.32 Å². The molecule has 1 atom stereocenters. The maximum Gasteiger partial charge on any atom is 0.319 e. The lowest BCUT2D eigenvalue weighted by atomic mass is 10.1. The van der Waals surface area contributed by atoms with Crippen molar-refractivity contribution in [2.75, 3.05) is 11.9 Å². The maximum absolute atomic E-state index is 13.9. The standard InChI is InChI=1S/C17H23ClFNO3S/c1-5-7-23-17(22)16(10(3)4)24-14-9-13(20-15(21)6-2)12(19)8-11(14)18/h8-10,16H,5-7H2,1-4H3,(H,20,21). The van der Waals surface area contributed by atoms with E-state index in [0.717, 1.165) is 12.5 Å². The largest absolute Gasteiger partial charge is 0.465 e. The highest BCUT2D eigenvalue weighted by Gasteiger charge is 2.26. The number of amides is 1. The molecule has 7 heteroatoms. The van der Waals surface area contributed by atoms with Gasteiger partial charge in [-0.25, -0.2) is 4.39 Å². The Balaban J connectivity index is 3.03. The molecule has 0 saturated heterocycles. The quantitative estimate of drug-likeness (QED) is 0.518. The summed E-state index contributed by atoms with van der Waals surface area (Å²) in [5.41, 5.74) is 0.0539. The van der Waals surface area contributed by atoms with Gasteiger partial charge in [0.1, 0.15) is 11.1 Å². The van der Waals surface area contributed by atoms with Gasteiger partial charge in [-0.15, -0.1) is 11.8 Å². The van der Waals surface area contributed by atoms with E-state index in [1.165, 1.54) is 17.8 Å². The number of carbonyl (C=O) groups is 2. The molecule has 0 heterocycles. The van der Waals surface area contributed by atoms with Crippen LogP contribution in [0.25, 0.3) is 0 Å². The summed E-state index contributed by atoms with van der Waals surface area (Å²) in [6, 6.07) is 2.60. The Labute approximate surface area is 151 Å². The first-order valence-corrected chi connectivity index (χ1v) is 9.18. The summed E-state index contributed by atoms with van der Waals surface area (Å²) in [6.45, 7) is 7.77. The number of hydrogen-bond donors (Lipinski definition) is 1. The third-order valence-corrected chi connectivity index (χ3v) is 5.16. The Morgan fingerprint density at radius 1 is 1.33 bits per heavy atom. The zero-order chi connectivity index (χ0) is 18.3. The fourth-order valence-electron chi connectivity index (χ4n) is 1.83. The molecule has 1 aromatic carbocycles. The Bertz CT molecular complexity index is 595. The van der Waals surface area contributed by atoms with E-state index in [4.69, 9.17) is 16.3 Å². The molecule has 0 fully saturated rings. The lowest BCUT2D eigenvalue weighted by molar-refractivity contribution is -0.143. The van der Waals surface area contributed by atoms with E-state index in [1.807, 2.05) is 20.8 Å². The Morgan fingerprint density at radius 3 is 2.54 bits per heavy atom. The number of halogens is 2. The third kappa shape index (κ3) is 5.98. The molecular formula is C17H23ClFNO3S. The first kappa shape index (κ1) is 20.8. The number of nitrogens with one attached hydrogen (secondary N) is 1. The van der Waals surface area contributed by atoms with Crippen LogP contribution in [-0.4, -0.2) is 23.7 Å². The molecule has 0 bridgehead atoms. The summed E-state index contributed by atoms with van der Waals surface area (Å²) in [5, 5.41) is 2.22. The van der Waals surface area contributed by atoms with Crippen molar-refractivity contribution in [2.45, 2.75) is 50.7 Å². The van der Waals surface area contributed by atoms with Gasteiger partial charge in [-0.2, -0.15) is 0 Å². The summed E-state index contributed by atoms with van der Waals surface area (Å²) in [6.07, 6.45) is 0.980. The Kier molecular flexibility index (Phi) is 8.56. The van der Waals surface area contributed by atoms with Crippen molar-refractivity contribution in [3.8, 4) is 0 Å². The minimum absolute atomic E-state index is 0.00848. The summed E-state index contributed by atoms with van der Waals surface area (Å²) in [4.78, 5) is 24.2. The van der Waals surface area contributed by atoms with Crippen molar-refractivity contribution in [3.63, 3.8) is 0 Å². The van der Waals surface area contributed by atoms with E-state index in [9.17, 15) is 14.0 Å². The number of thioether (sulfide) groups is 1. The van der Waals surface area contributed by atoms with Crippen LogP contribution in [0.2, 0.25) is 5.02 Å². The van der Waals surface area contributed by atoms with Gasteiger partial charge in [0.25, 0.3) is 0 Å². The summed E-state index contributed by atoms with van der Waals surface area (Å²) in [7, 11) is 0. The van der Waals surface area contributed by atoms with E-state index in [-0.39, 0.29) is 34.9 Å². The van der Waals surface area contributed by atoms with Gasteiger partial charge in [0.2, 0.25) is 5.91 Å². The van der Waals surface area contributed by atoms with Gasteiger partial charge in [0.15, 0.2) is 0 Å². The van der Waals surface area contributed by atoms with Gasteiger partial charge in [-0.3, -0.25) is 9.59 Å². The molecule has 0 radical (unpaired) electrons. The number of rotatable bonds is 8. The second-order valence-corrected chi connectivity index (χ2v) is 7.20. The lowest BCUT2D eigenvalue weighted by Crippen LogP contribution is -2.26. The third-order valence-electron chi connectivity index (χ3n) is 3.16. The highest BCUT2D eigenvalue weighted by molar-refractivity contribution is 8.00. The molecule has 0 aliphatic rings. The number of ether oxygens (including phenoxy) is 1. The molecule has 0 spiro atoms. The molecule has 4 nitrogen and oxygen atoms in total. The summed E-state index contributed by atoms with van der Waals surface area (Å²) in [5.74, 6) is -1.22. The van der Waals surface area contributed by atoms with Crippen molar-refractivity contribution >= 4 is 40.9 Å². The number of anilines is 1. The van der Waals surface area contributed by atoms with Crippen LogP contribution in [0.4, 0.5) is 10.1 Å². The van der Waals surface area contributed by atoms with Gasteiger partial charge in [-0.1, -0.05) is 39.3 Å². The molecule has 0 saturated carbocycles. The van der Waals surface area contributed by atoms with Crippen LogP contribution in [0.5, 0.6) is 0 Å². The minimum atomic E-state index is -0.610. The second-order valence-electron chi connectivity index (χ2n) is 5.61. The number of carbonyl (C=O) groups excluding carboxylic acids is 2. The molecule has 24 heavy (non-hydrogen) atoms. The molecule has 1 rings (SSSR count). The van der Waals surface area contributed by atoms with Crippen LogP contribution in [0.15, 0.2) is 17.0 Å². The topological polar surface area (TPSA) is 55.4 Å². The summed E-state index contributed by atoms with van der Waals surface area (Å²) >= 11 is 7.32. The Morgan fingerprint density at radius 2 is 2.00 bits per heavy atom. The zero-order valence-corrected chi connectivity index (χ0v) is 15.9. The first-order valence-electron chi connectivity index (χ1n) is 7.92. The average Bonchev–Trinajstić information content (AvgIpc) is 2.53. The minimum Gasteiger partial charge on any atom is -0.465 e. The van der Waals surface area contributed by atoms with Gasteiger partial charge >= 0.3 is 5.97 Å². The normalized spacial score (nSPS) is 12.1. The van der Waals surface area contributed by atoms with Crippen molar-refractivity contribution in [1.82, 2.24) is 0 Å². The van der Waals surface area contributed by atoms with Gasteiger partial charge in [0, 0.05) is 11.3 Å².